The Hall–Kier alpha value is -2.27. The standard InChI is InChI=1S/C19H21NO3S/c1-12-5-10-17(13(2)11-12)20-18(21)14(3)23-19(22)15-6-8-16(24-4)9-7-15/h5-11,14H,1-4H3,(H,20,21)/t14-/m1/s1. The predicted molar refractivity (Wildman–Crippen MR) is 97.6 cm³/mol. The fraction of sp³-hybridized carbons (Fsp3) is 0.263. The highest BCUT2D eigenvalue weighted by Crippen LogP contribution is 2.18. The molecule has 0 aliphatic heterocycles. The number of anilines is 1. The van der Waals surface area contributed by atoms with Gasteiger partial charge in [-0.05, 0) is 62.9 Å². The van der Waals surface area contributed by atoms with E-state index in [2.05, 4.69) is 5.32 Å². The molecule has 0 aromatic heterocycles. The van der Waals surface area contributed by atoms with Crippen LogP contribution < -0.4 is 5.32 Å². The number of ether oxygens (including phenoxy) is 1. The minimum Gasteiger partial charge on any atom is -0.449 e. The third-order valence-electron chi connectivity index (χ3n) is 3.62. The molecule has 24 heavy (non-hydrogen) atoms. The van der Waals surface area contributed by atoms with E-state index in [0.29, 0.717) is 5.56 Å². The average Bonchev–Trinajstić information content (AvgIpc) is 2.57. The minimum absolute atomic E-state index is 0.351. The number of carbonyl (C=O) groups excluding carboxylic acids is 2. The average molecular weight is 343 g/mol. The number of nitrogens with one attached hydrogen (secondary N) is 1. The molecule has 0 saturated heterocycles. The fourth-order valence-corrected chi connectivity index (χ4v) is 2.61. The van der Waals surface area contributed by atoms with Crippen molar-refractivity contribution >= 4 is 29.3 Å². The first kappa shape index (κ1) is 18.1. The topological polar surface area (TPSA) is 55.4 Å². The van der Waals surface area contributed by atoms with Gasteiger partial charge in [-0.15, -0.1) is 11.8 Å². The van der Waals surface area contributed by atoms with Crippen LogP contribution in [0.15, 0.2) is 47.4 Å². The van der Waals surface area contributed by atoms with Gasteiger partial charge in [-0.1, -0.05) is 17.7 Å². The van der Waals surface area contributed by atoms with Gasteiger partial charge in [-0.25, -0.2) is 4.79 Å². The number of benzene rings is 2. The largest absolute Gasteiger partial charge is 0.449 e. The van der Waals surface area contributed by atoms with Crippen LogP contribution in [-0.2, 0) is 9.53 Å². The molecule has 1 amide bonds. The molecule has 4 nitrogen and oxygen atoms in total. The van der Waals surface area contributed by atoms with Crippen molar-refractivity contribution in [1.82, 2.24) is 0 Å². The monoisotopic (exact) mass is 343 g/mol. The summed E-state index contributed by atoms with van der Waals surface area (Å²) in [5, 5.41) is 2.79. The molecular weight excluding hydrogens is 322 g/mol. The normalized spacial score (nSPS) is 11.7. The number of amides is 1. The second-order valence-corrected chi connectivity index (χ2v) is 6.46. The number of thioether (sulfide) groups is 1. The number of rotatable bonds is 5. The van der Waals surface area contributed by atoms with Gasteiger partial charge in [-0.3, -0.25) is 4.79 Å². The zero-order chi connectivity index (χ0) is 17.7. The molecule has 0 radical (unpaired) electrons. The molecule has 2 aromatic carbocycles. The van der Waals surface area contributed by atoms with Crippen molar-refractivity contribution in [3.8, 4) is 0 Å². The van der Waals surface area contributed by atoms with Crippen molar-refractivity contribution < 1.29 is 14.3 Å². The Morgan fingerprint density at radius 2 is 1.75 bits per heavy atom. The van der Waals surface area contributed by atoms with Crippen LogP contribution in [0.25, 0.3) is 0 Å². The summed E-state index contributed by atoms with van der Waals surface area (Å²) >= 11 is 1.60. The van der Waals surface area contributed by atoms with Crippen molar-refractivity contribution in [3.63, 3.8) is 0 Å². The van der Waals surface area contributed by atoms with Crippen LogP contribution in [0.2, 0.25) is 0 Å². The third kappa shape index (κ3) is 4.61. The van der Waals surface area contributed by atoms with Gasteiger partial charge in [0.15, 0.2) is 6.10 Å². The SMILES string of the molecule is CSc1ccc(C(=O)O[C@H](C)C(=O)Nc2ccc(C)cc2C)cc1. The summed E-state index contributed by atoms with van der Waals surface area (Å²) in [4.78, 5) is 25.4. The lowest BCUT2D eigenvalue weighted by Gasteiger charge is -2.15. The van der Waals surface area contributed by atoms with Crippen LogP contribution in [0.1, 0.15) is 28.4 Å². The Kier molecular flexibility index (Phi) is 6.04. The van der Waals surface area contributed by atoms with E-state index in [9.17, 15) is 9.59 Å². The zero-order valence-corrected chi connectivity index (χ0v) is 15.1. The van der Waals surface area contributed by atoms with Gasteiger partial charge >= 0.3 is 5.97 Å². The van der Waals surface area contributed by atoms with Crippen LogP contribution in [0.3, 0.4) is 0 Å². The second-order valence-electron chi connectivity index (χ2n) is 5.58. The summed E-state index contributed by atoms with van der Waals surface area (Å²) in [6.07, 6.45) is 1.09. The number of carbonyl (C=O) groups is 2. The Labute approximate surface area is 146 Å². The van der Waals surface area contributed by atoms with Gasteiger partial charge in [0.25, 0.3) is 5.91 Å². The van der Waals surface area contributed by atoms with Crippen molar-refractivity contribution in [2.24, 2.45) is 0 Å². The predicted octanol–water partition coefficient (Wildman–Crippen LogP) is 4.21. The van der Waals surface area contributed by atoms with E-state index in [1.54, 1.807) is 30.8 Å². The third-order valence-corrected chi connectivity index (χ3v) is 4.36. The van der Waals surface area contributed by atoms with E-state index >= 15 is 0 Å². The van der Waals surface area contributed by atoms with Crippen molar-refractivity contribution in [2.45, 2.75) is 31.8 Å². The highest BCUT2D eigenvalue weighted by molar-refractivity contribution is 7.98. The molecule has 2 aromatic rings. The van der Waals surface area contributed by atoms with E-state index in [4.69, 9.17) is 4.74 Å². The summed E-state index contributed by atoms with van der Waals surface area (Å²) in [6, 6.07) is 12.8. The highest BCUT2D eigenvalue weighted by Gasteiger charge is 2.19. The van der Waals surface area contributed by atoms with E-state index in [1.165, 1.54) is 0 Å². The number of esters is 1. The first-order chi connectivity index (χ1) is 11.4. The molecule has 0 fully saturated rings. The van der Waals surface area contributed by atoms with E-state index in [0.717, 1.165) is 21.7 Å². The molecule has 0 aliphatic rings. The minimum atomic E-state index is -0.876. The molecule has 0 aliphatic carbocycles. The molecule has 0 bridgehead atoms. The molecule has 126 valence electrons. The van der Waals surface area contributed by atoms with Crippen LogP contribution >= 0.6 is 11.8 Å². The Morgan fingerprint density at radius 1 is 1.08 bits per heavy atom. The van der Waals surface area contributed by atoms with Crippen LogP contribution in [0.4, 0.5) is 5.69 Å². The first-order valence-electron chi connectivity index (χ1n) is 7.64. The van der Waals surface area contributed by atoms with Gasteiger partial charge in [0.1, 0.15) is 0 Å². The lowest BCUT2D eigenvalue weighted by atomic mass is 10.1. The van der Waals surface area contributed by atoms with Gasteiger partial charge in [0.05, 0.1) is 5.56 Å². The number of hydrogen-bond donors (Lipinski definition) is 1. The molecule has 1 N–H and O–H groups in total. The van der Waals surface area contributed by atoms with Crippen LogP contribution in [0.5, 0.6) is 0 Å². The lowest BCUT2D eigenvalue weighted by molar-refractivity contribution is -0.123. The zero-order valence-electron chi connectivity index (χ0n) is 14.3. The molecule has 2 rings (SSSR count). The lowest BCUT2D eigenvalue weighted by Crippen LogP contribution is -2.30. The Bertz CT molecular complexity index is 741. The van der Waals surface area contributed by atoms with Crippen molar-refractivity contribution in [1.29, 1.82) is 0 Å². The quantitative estimate of drug-likeness (QED) is 0.653. The van der Waals surface area contributed by atoms with Gasteiger partial charge < -0.3 is 10.1 Å². The molecular formula is C19H21NO3S. The maximum atomic E-state index is 12.2. The van der Waals surface area contributed by atoms with E-state index in [1.807, 2.05) is 50.4 Å². The molecule has 0 saturated carbocycles. The summed E-state index contributed by atoms with van der Waals surface area (Å²) in [7, 11) is 0. The maximum absolute atomic E-state index is 12.2. The summed E-state index contributed by atoms with van der Waals surface area (Å²) < 4.78 is 5.25. The van der Waals surface area contributed by atoms with Crippen molar-refractivity contribution in [3.05, 3.63) is 59.2 Å². The van der Waals surface area contributed by atoms with Gasteiger partial charge in [0, 0.05) is 10.6 Å². The van der Waals surface area contributed by atoms with E-state index < -0.39 is 12.1 Å². The molecule has 5 heteroatoms. The van der Waals surface area contributed by atoms with Crippen LogP contribution in [0, 0.1) is 13.8 Å². The first-order valence-corrected chi connectivity index (χ1v) is 8.86. The van der Waals surface area contributed by atoms with Gasteiger partial charge in [-0.2, -0.15) is 0 Å². The van der Waals surface area contributed by atoms with E-state index in [-0.39, 0.29) is 5.91 Å². The highest BCUT2D eigenvalue weighted by atomic mass is 32.2. The van der Waals surface area contributed by atoms with Crippen molar-refractivity contribution in [2.75, 3.05) is 11.6 Å². The Morgan fingerprint density at radius 3 is 2.33 bits per heavy atom. The molecule has 0 unspecified atom stereocenters. The Balaban J connectivity index is 1.98. The molecule has 1 atom stereocenters. The maximum Gasteiger partial charge on any atom is 0.338 e. The summed E-state index contributed by atoms with van der Waals surface area (Å²) in [6.45, 7) is 5.48. The molecule has 0 spiro atoms. The smallest absolute Gasteiger partial charge is 0.338 e. The summed E-state index contributed by atoms with van der Waals surface area (Å²) in [5.41, 5.74) is 3.24. The van der Waals surface area contributed by atoms with Gasteiger partial charge in [0.2, 0.25) is 0 Å². The number of hydrogen-bond acceptors (Lipinski definition) is 4. The van der Waals surface area contributed by atoms with Crippen LogP contribution in [-0.4, -0.2) is 24.2 Å². The summed E-state index contributed by atoms with van der Waals surface area (Å²) in [5.74, 6) is -0.859. The number of aryl methyl sites for hydroxylation is 2. The second kappa shape index (κ2) is 8.02. The fourth-order valence-electron chi connectivity index (χ4n) is 2.20. The molecule has 0 heterocycles.